The minimum absolute atomic E-state index is 0.0499. The number of thioether (sulfide) groups is 1. The van der Waals surface area contributed by atoms with Gasteiger partial charge in [-0.1, -0.05) is 77.4 Å². The molecule has 0 radical (unpaired) electrons. The third-order valence-corrected chi connectivity index (χ3v) is 11.7. The molecule has 0 atom stereocenters. The Labute approximate surface area is 260 Å². The summed E-state index contributed by atoms with van der Waals surface area (Å²) in [5.41, 5.74) is 2.19. The van der Waals surface area contributed by atoms with Gasteiger partial charge in [0.2, 0.25) is 0 Å². The number of Topliss-reactive ketones (excluding diaryl/α,β-unsaturated/α-hetero) is 1. The smallest absolute Gasteiger partial charge is 0.293 e. The summed E-state index contributed by atoms with van der Waals surface area (Å²) in [7, 11) is -8.54. The monoisotopic (exact) mass is 644 g/mol. The van der Waals surface area contributed by atoms with Crippen LogP contribution in [-0.4, -0.2) is 41.6 Å². The first-order chi connectivity index (χ1) is 19.8. The molecule has 0 N–H and O–H groups in total. The van der Waals surface area contributed by atoms with Crippen molar-refractivity contribution in [2.45, 2.75) is 80.9 Å². The number of ketones is 1. The number of carbonyl (C=O) groups excluding carboxylic acids is 1. The minimum Gasteiger partial charge on any atom is -0.293 e. The Morgan fingerprint density at radius 1 is 0.721 bits per heavy atom. The Balaban J connectivity index is 1.66. The summed E-state index contributed by atoms with van der Waals surface area (Å²) in [5.74, 6) is -0.329. The van der Waals surface area contributed by atoms with Crippen LogP contribution < -0.4 is 0 Å². The van der Waals surface area contributed by atoms with Crippen LogP contribution in [0.1, 0.15) is 74.2 Å². The van der Waals surface area contributed by atoms with Crippen molar-refractivity contribution in [2.75, 3.05) is 19.0 Å². The van der Waals surface area contributed by atoms with E-state index in [1.807, 2.05) is 61.5 Å². The maximum atomic E-state index is 14.1. The van der Waals surface area contributed by atoms with Crippen LogP contribution in [0.25, 0.3) is 0 Å². The van der Waals surface area contributed by atoms with Crippen molar-refractivity contribution in [1.82, 2.24) is 0 Å². The summed E-state index contributed by atoms with van der Waals surface area (Å²) in [6.45, 7) is 14.8. The Bertz CT molecular complexity index is 1630. The summed E-state index contributed by atoms with van der Waals surface area (Å²) in [4.78, 5) is 14.8. The van der Waals surface area contributed by atoms with E-state index >= 15 is 0 Å². The van der Waals surface area contributed by atoms with E-state index in [1.165, 1.54) is 36.0 Å². The maximum Gasteiger partial charge on any atom is 0.297 e. The van der Waals surface area contributed by atoms with Gasteiger partial charge in [-0.25, -0.2) is 0 Å². The third kappa shape index (κ3) is 7.26. The fourth-order valence-electron chi connectivity index (χ4n) is 4.89. The molecule has 1 heterocycles. The molecule has 0 aromatic heterocycles. The third-order valence-electron chi connectivity index (χ3n) is 7.64. The normalized spacial score (nSPS) is 15.8. The lowest BCUT2D eigenvalue weighted by Crippen LogP contribution is -2.46. The number of rotatable bonds is 8. The van der Waals surface area contributed by atoms with Gasteiger partial charge in [-0.3, -0.25) is 13.2 Å². The topological polar surface area (TPSA) is 104 Å². The molecule has 3 aromatic carbocycles. The van der Waals surface area contributed by atoms with Crippen molar-refractivity contribution in [1.29, 1.82) is 0 Å². The number of aryl methyl sites for hydroxylation is 2. The molecule has 0 aliphatic carbocycles. The van der Waals surface area contributed by atoms with Crippen LogP contribution >= 0.6 is 11.8 Å². The van der Waals surface area contributed by atoms with E-state index in [1.54, 1.807) is 30.3 Å². The molecule has 0 bridgehead atoms. The van der Waals surface area contributed by atoms with Crippen LogP contribution in [0.15, 0.2) is 75.4 Å². The Morgan fingerprint density at radius 3 is 1.53 bits per heavy atom. The molecular weight excluding hydrogens is 605 g/mol. The first kappa shape index (κ1) is 33.4. The number of hydrogen-bond donors (Lipinski definition) is 0. The van der Waals surface area contributed by atoms with Gasteiger partial charge in [0, 0.05) is 16.2 Å². The SMILES string of the molecule is Cc1cc(C)c2c(c1)C(=O)C(COS(=O)(=O)c1ccc(C(C)(C)C)cc1)(COS(=O)(=O)c1ccc(C(C)(C)C)cc1)CS2. The lowest BCUT2D eigenvalue weighted by Gasteiger charge is -2.35. The second kappa shape index (κ2) is 11.8. The molecule has 4 rings (SSSR count). The van der Waals surface area contributed by atoms with E-state index in [0.717, 1.165) is 27.1 Å². The van der Waals surface area contributed by atoms with Gasteiger partial charge in [-0.2, -0.15) is 16.8 Å². The summed E-state index contributed by atoms with van der Waals surface area (Å²) in [6.07, 6.45) is 0. The zero-order valence-electron chi connectivity index (χ0n) is 26.0. The predicted octanol–water partition coefficient (Wildman–Crippen LogP) is 6.98. The predicted molar refractivity (Wildman–Crippen MR) is 170 cm³/mol. The average molecular weight is 645 g/mol. The highest BCUT2D eigenvalue weighted by Crippen LogP contribution is 2.43. The van der Waals surface area contributed by atoms with Crippen molar-refractivity contribution in [3.63, 3.8) is 0 Å². The van der Waals surface area contributed by atoms with E-state index in [9.17, 15) is 21.6 Å². The zero-order valence-corrected chi connectivity index (χ0v) is 28.4. The molecule has 0 unspecified atom stereocenters. The maximum absolute atomic E-state index is 14.1. The molecular formula is C33H40O7S3. The molecule has 0 spiro atoms. The van der Waals surface area contributed by atoms with Crippen molar-refractivity contribution >= 4 is 37.8 Å². The highest BCUT2D eigenvalue weighted by Gasteiger charge is 2.47. The van der Waals surface area contributed by atoms with Crippen molar-refractivity contribution in [3.8, 4) is 0 Å². The quantitative estimate of drug-likeness (QED) is 0.242. The van der Waals surface area contributed by atoms with Gasteiger partial charge in [0.25, 0.3) is 20.2 Å². The van der Waals surface area contributed by atoms with E-state index in [-0.39, 0.29) is 26.4 Å². The molecule has 232 valence electrons. The van der Waals surface area contributed by atoms with Gasteiger partial charge in [-0.05, 0) is 71.7 Å². The van der Waals surface area contributed by atoms with Crippen molar-refractivity contribution < 1.29 is 30.0 Å². The van der Waals surface area contributed by atoms with E-state index in [0.29, 0.717) is 5.56 Å². The van der Waals surface area contributed by atoms with Gasteiger partial charge < -0.3 is 0 Å². The summed E-state index contributed by atoms with van der Waals surface area (Å²) >= 11 is 1.37. The van der Waals surface area contributed by atoms with Crippen LogP contribution in [-0.2, 0) is 39.4 Å². The summed E-state index contributed by atoms with van der Waals surface area (Å²) in [5, 5.41) is 0. The second-order valence-electron chi connectivity index (χ2n) is 13.3. The van der Waals surface area contributed by atoms with Crippen LogP contribution in [0.5, 0.6) is 0 Å². The number of fused-ring (bicyclic) bond motifs is 1. The Kier molecular flexibility index (Phi) is 9.15. The fraction of sp³-hybridized carbons (Fsp3) is 0.424. The highest BCUT2D eigenvalue weighted by atomic mass is 32.2. The number of benzene rings is 3. The largest absolute Gasteiger partial charge is 0.297 e. The molecule has 43 heavy (non-hydrogen) atoms. The minimum atomic E-state index is -4.27. The van der Waals surface area contributed by atoms with Gasteiger partial charge >= 0.3 is 0 Å². The van der Waals surface area contributed by atoms with E-state index in [2.05, 4.69) is 0 Å². The fourth-order valence-corrected chi connectivity index (χ4v) is 8.18. The van der Waals surface area contributed by atoms with Crippen LogP contribution in [0.4, 0.5) is 0 Å². The van der Waals surface area contributed by atoms with Gasteiger partial charge in [-0.15, -0.1) is 11.8 Å². The zero-order chi connectivity index (χ0) is 32.0. The first-order valence-electron chi connectivity index (χ1n) is 14.0. The molecule has 0 saturated carbocycles. The van der Waals surface area contributed by atoms with E-state index < -0.39 is 44.6 Å². The van der Waals surface area contributed by atoms with Gasteiger partial charge in [0.1, 0.15) is 0 Å². The van der Waals surface area contributed by atoms with Crippen LogP contribution in [0, 0.1) is 19.3 Å². The Morgan fingerprint density at radius 2 is 1.14 bits per heavy atom. The van der Waals surface area contributed by atoms with Gasteiger partial charge in [0.15, 0.2) is 5.78 Å². The highest BCUT2D eigenvalue weighted by molar-refractivity contribution is 7.99. The second-order valence-corrected chi connectivity index (χ2v) is 17.6. The van der Waals surface area contributed by atoms with Crippen LogP contribution in [0.2, 0.25) is 0 Å². The van der Waals surface area contributed by atoms with Crippen molar-refractivity contribution in [3.05, 3.63) is 88.5 Å². The lowest BCUT2D eigenvalue weighted by atomic mass is 9.82. The van der Waals surface area contributed by atoms with Gasteiger partial charge in [0.05, 0.1) is 28.4 Å². The number of carbonyl (C=O) groups is 1. The van der Waals surface area contributed by atoms with Crippen LogP contribution in [0.3, 0.4) is 0 Å². The van der Waals surface area contributed by atoms with Crippen molar-refractivity contribution in [2.24, 2.45) is 5.41 Å². The summed E-state index contributed by atoms with van der Waals surface area (Å²) in [6, 6.07) is 16.5. The van der Waals surface area contributed by atoms with E-state index in [4.69, 9.17) is 8.37 Å². The molecule has 1 aliphatic rings. The molecule has 1 aliphatic heterocycles. The molecule has 3 aromatic rings. The molecule has 7 nitrogen and oxygen atoms in total. The molecule has 0 fully saturated rings. The molecule has 0 saturated heterocycles. The molecule has 10 heteroatoms. The lowest BCUT2D eigenvalue weighted by molar-refractivity contribution is 0.0594. The first-order valence-corrected chi connectivity index (χ1v) is 17.8. The molecule has 0 amide bonds. The number of hydrogen-bond acceptors (Lipinski definition) is 8. The Hall–Kier alpha value is -2.50. The summed E-state index contributed by atoms with van der Waals surface area (Å²) < 4.78 is 64.1. The standard InChI is InChI=1S/C33H40O7S3/c1-22-17-23(2)29-28(18-22)30(34)33(21-41-29,19-39-42(35,36)26-13-9-24(10-14-26)31(3,4)5)20-40-43(37,38)27-15-11-25(12-16-27)32(6,7)8/h9-18H,19-21H2,1-8H3. The average Bonchev–Trinajstić information content (AvgIpc) is 2.92.